The van der Waals surface area contributed by atoms with E-state index in [1.54, 1.807) is 6.07 Å². The van der Waals surface area contributed by atoms with Crippen LogP contribution >= 0.6 is 0 Å². The van der Waals surface area contributed by atoms with E-state index in [9.17, 15) is 14.4 Å². The molecule has 146 valence electrons. The Kier molecular flexibility index (Phi) is 4.76. The molecular formula is C23H19NO5. The lowest BCUT2D eigenvalue weighted by Gasteiger charge is -2.18. The van der Waals surface area contributed by atoms with Crippen molar-refractivity contribution in [3.8, 4) is 0 Å². The summed E-state index contributed by atoms with van der Waals surface area (Å²) in [6.07, 6.45) is 4.35. The minimum atomic E-state index is -1.59. The van der Waals surface area contributed by atoms with E-state index in [0.717, 1.165) is 29.5 Å². The Balaban J connectivity index is 1.82. The van der Waals surface area contributed by atoms with Crippen molar-refractivity contribution >= 4 is 40.2 Å². The number of carboxylic acid groups (broad SMARTS) is 1. The Labute approximate surface area is 166 Å². The molecule has 1 amide bonds. The lowest BCUT2D eigenvalue weighted by atomic mass is 9.89. The number of carbonyl (C=O) groups is 2. The highest BCUT2D eigenvalue weighted by atomic mass is 16.4. The number of amides is 1. The van der Waals surface area contributed by atoms with E-state index in [-0.39, 0.29) is 11.1 Å². The van der Waals surface area contributed by atoms with Crippen molar-refractivity contribution in [2.45, 2.75) is 26.2 Å². The van der Waals surface area contributed by atoms with E-state index >= 15 is 0 Å². The number of hydrogen-bond acceptors (Lipinski definition) is 4. The van der Waals surface area contributed by atoms with Crippen LogP contribution in [-0.4, -0.2) is 17.0 Å². The van der Waals surface area contributed by atoms with Crippen LogP contribution in [0.25, 0.3) is 22.6 Å². The van der Waals surface area contributed by atoms with Gasteiger partial charge in [0.05, 0.1) is 5.39 Å². The zero-order valence-electron chi connectivity index (χ0n) is 15.8. The molecule has 0 unspecified atom stereocenters. The van der Waals surface area contributed by atoms with Crippen LogP contribution < -0.4 is 10.7 Å². The van der Waals surface area contributed by atoms with Gasteiger partial charge in [-0.25, -0.2) is 4.79 Å². The van der Waals surface area contributed by atoms with Crippen LogP contribution in [0.1, 0.15) is 35.3 Å². The van der Waals surface area contributed by atoms with Gasteiger partial charge in [-0.2, -0.15) is 0 Å². The summed E-state index contributed by atoms with van der Waals surface area (Å²) in [6.45, 7) is 2.04. The molecule has 1 aliphatic rings. The Bertz CT molecular complexity index is 1240. The van der Waals surface area contributed by atoms with Gasteiger partial charge >= 0.3 is 11.9 Å². The van der Waals surface area contributed by atoms with Crippen LogP contribution in [0.3, 0.4) is 0 Å². The number of benzene rings is 2. The molecule has 6 heteroatoms. The molecule has 0 bridgehead atoms. The van der Waals surface area contributed by atoms with Crippen molar-refractivity contribution in [2.75, 3.05) is 5.32 Å². The zero-order chi connectivity index (χ0) is 20.5. The maximum atomic E-state index is 13.1. The number of rotatable bonds is 2. The Morgan fingerprint density at radius 2 is 1.93 bits per heavy atom. The topological polar surface area (TPSA) is 96.6 Å². The maximum Gasteiger partial charge on any atom is 0.394 e. The minimum Gasteiger partial charge on any atom is -0.474 e. The molecule has 3 aromatic rings. The summed E-state index contributed by atoms with van der Waals surface area (Å²) in [5.74, 6) is -2.14. The number of allylic oxidation sites excluding steroid dienone is 1. The van der Waals surface area contributed by atoms with Gasteiger partial charge in [-0.05, 0) is 67.2 Å². The second-order valence-electron chi connectivity index (χ2n) is 7.09. The van der Waals surface area contributed by atoms with E-state index in [2.05, 4.69) is 11.4 Å². The predicted molar refractivity (Wildman–Crippen MR) is 111 cm³/mol. The Morgan fingerprint density at radius 3 is 2.69 bits per heavy atom. The molecule has 29 heavy (non-hydrogen) atoms. The molecule has 0 fully saturated rings. The van der Waals surface area contributed by atoms with Crippen molar-refractivity contribution in [3.05, 3.63) is 75.1 Å². The highest BCUT2D eigenvalue weighted by Crippen LogP contribution is 2.33. The first-order valence-electron chi connectivity index (χ1n) is 9.34. The number of aryl methyl sites for hydroxylation is 1. The molecule has 1 aliphatic carbocycles. The predicted octanol–water partition coefficient (Wildman–Crippen LogP) is 4.00. The number of fused-ring (bicyclic) bond motifs is 2. The van der Waals surface area contributed by atoms with E-state index in [4.69, 9.17) is 9.52 Å². The lowest BCUT2D eigenvalue weighted by Crippen LogP contribution is -2.22. The van der Waals surface area contributed by atoms with Gasteiger partial charge in [0, 0.05) is 11.3 Å². The largest absolute Gasteiger partial charge is 0.474 e. The second-order valence-corrected chi connectivity index (χ2v) is 7.09. The summed E-state index contributed by atoms with van der Waals surface area (Å²) in [5.41, 5.74) is 4.33. The van der Waals surface area contributed by atoms with E-state index < -0.39 is 11.9 Å². The van der Waals surface area contributed by atoms with Gasteiger partial charge in [0.1, 0.15) is 11.3 Å². The van der Waals surface area contributed by atoms with Crippen molar-refractivity contribution in [2.24, 2.45) is 0 Å². The van der Waals surface area contributed by atoms with E-state index in [1.165, 1.54) is 12.1 Å². The molecule has 6 nitrogen and oxygen atoms in total. The van der Waals surface area contributed by atoms with Gasteiger partial charge in [-0.3, -0.25) is 9.59 Å². The standard InChI is InChI=1S/C23H19NO5/c1-13-5-2-3-6-14(13)11-15-7-4-8-17-20(25)18-12-16(24-22(26)23(27)28)9-10-19(18)29-21(15)17/h2-3,5-6,9-12H,4,7-8H2,1H3,(H,24,26)(H,27,28). The first kappa shape index (κ1) is 18.7. The number of anilines is 1. The Hall–Kier alpha value is -3.67. The summed E-state index contributed by atoms with van der Waals surface area (Å²) >= 11 is 0. The summed E-state index contributed by atoms with van der Waals surface area (Å²) in [5, 5.41) is 11.3. The molecule has 1 aromatic heterocycles. The fourth-order valence-corrected chi connectivity index (χ4v) is 3.63. The van der Waals surface area contributed by atoms with E-state index in [1.807, 2.05) is 31.2 Å². The third-order valence-corrected chi connectivity index (χ3v) is 5.12. The number of hydrogen-bond donors (Lipinski definition) is 2. The van der Waals surface area contributed by atoms with Gasteiger partial charge in [-0.1, -0.05) is 24.3 Å². The quantitative estimate of drug-likeness (QED) is 0.646. The van der Waals surface area contributed by atoms with Crippen molar-refractivity contribution in [1.29, 1.82) is 0 Å². The van der Waals surface area contributed by atoms with Gasteiger partial charge in [-0.15, -0.1) is 0 Å². The normalized spacial score (nSPS) is 14.6. The van der Waals surface area contributed by atoms with Crippen LogP contribution in [0.4, 0.5) is 5.69 Å². The number of carboxylic acids is 1. The van der Waals surface area contributed by atoms with Gasteiger partial charge in [0.2, 0.25) is 0 Å². The maximum absolute atomic E-state index is 13.1. The molecule has 1 heterocycles. The van der Waals surface area contributed by atoms with Crippen LogP contribution in [0.2, 0.25) is 0 Å². The molecule has 0 spiro atoms. The van der Waals surface area contributed by atoms with Crippen LogP contribution in [0, 0.1) is 6.92 Å². The molecule has 0 saturated heterocycles. The molecule has 0 saturated carbocycles. The third kappa shape index (κ3) is 3.57. The number of carbonyl (C=O) groups excluding carboxylic acids is 1. The average molecular weight is 389 g/mol. The van der Waals surface area contributed by atoms with Crippen molar-refractivity contribution < 1.29 is 19.1 Å². The van der Waals surface area contributed by atoms with Crippen LogP contribution in [-0.2, 0) is 16.0 Å². The first-order valence-corrected chi connectivity index (χ1v) is 9.34. The molecule has 0 atom stereocenters. The highest BCUT2D eigenvalue weighted by molar-refractivity contribution is 6.36. The summed E-state index contributed by atoms with van der Waals surface area (Å²) in [7, 11) is 0. The minimum absolute atomic E-state index is 0.150. The summed E-state index contributed by atoms with van der Waals surface area (Å²) < 4.78 is 6.10. The smallest absolute Gasteiger partial charge is 0.394 e. The molecule has 2 N–H and O–H groups in total. The molecule has 0 aliphatic heterocycles. The van der Waals surface area contributed by atoms with Crippen LogP contribution in [0.15, 0.2) is 51.7 Å². The molecule has 4 rings (SSSR count). The second kappa shape index (κ2) is 7.39. The number of nitrogens with one attached hydrogen (secondary N) is 1. The summed E-state index contributed by atoms with van der Waals surface area (Å²) in [4.78, 5) is 35.2. The molecule has 2 aromatic carbocycles. The van der Waals surface area contributed by atoms with Crippen molar-refractivity contribution in [1.82, 2.24) is 0 Å². The molecular weight excluding hydrogens is 370 g/mol. The third-order valence-electron chi connectivity index (χ3n) is 5.12. The monoisotopic (exact) mass is 389 g/mol. The average Bonchev–Trinajstić information content (AvgIpc) is 2.71. The van der Waals surface area contributed by atoms with E-state index in [0.29, 0.717) is 28.7 Å². The van der Waals surface area contributed by atoms with Crippen LogP contribution in [0.5, 0.6) is 0 Å². The molecule has 0 radical (unpaired) electrons. The highest BCUT2D eigenvalue weighted by Gasteiger charge is 2.22. The SMILES string of the molecule is Cc1ccccc1C=C1CCCc2c1oc1ccc(NC(=O)C(=O)O)cc1c2=O. The van der Waals surface area contributed by atoms with Gasteiger partial charge in [0.25, 0.3) is 0 Å². The lowest BCUT2D eigenvalue weighted by molar-refractivity contribution is -0.147. The summed E-state index contributed by atoms with van der Waals surface area (Å²) in [6, 6.07) is 12.6. The number of aliphatic carboxylic acids is 1. The van der Waals surface area contributed by atoms with Gasteiger partial charge < -0.3 is 14.8 Å². The Morgan fingerprint density at radius 1 is 1.14 bits per heavy atom. The fraction of sp³-hybridized carbons (Fsp3) is 0.174. The zero-order valence-corrected chi connectivity index (χ0v) is 15.8. The fourth-order valence-electron chi connectivity index (χ4n) is 3.63. The first-order chi connectivity index (χ1) is 13.9. The van der Waals surface area contributed by atoms with Crippen molar-refractivity contribution in [3.63, 3.8) is 0 Å². The van der Waals surface area contributed by atoms with Gasteiger partial charge in [0.15, 0.2) is 5.43 Å².